The summed E-state index contributed by atoms with van der Waals surface area (Å²) in [6, 6.07) is 39.5. The Morgan fingerprint density at radius 2 is 0.868 bits per heavy atom. The van der Waals surface area contributed by atoms with Crippen molar-refractivity contribution in [2.24, 2.45) is 0 Å². The molecular weight excluding hydrogens is 676 g/mol. The van der Waals surface area contributed by atoms with Crippen molar-refractivity contribution < 1.29 is 42.5 Å². The van der Waals surface area contributed by atoms with Crippen molar-refractivity contribution in [1.82, 2.24) is 0 Å². The second-order valence-electron chi connectivity index (χ2n) is 11.5. The van der Waals surface area contributed by atoms with Gasteiger partial charge in [-0.05, 0) is 78.4 Å². The normalized spacial score (nSPS) is 10.6. The molecule has 10 nitrogen and oxygen atoms in total. The Morgan fingerprint density at radius 1 is 0.453 bits per heavy atom. The van der Waals surface area contributed by atoms with E-state index in [0.717, 1.165) is 0 Å². The smallest absolute Gasteiger partial charge is 0.343 e. The van der Waals surface area contributed by atoms with E-state index in [9.17, 15) is 24.0 Å². The fraction of sp³-hybridized carbons (Fsp3) is 0. The van der Waals surface area contributed by atoms with Gasteiger partial charge >= 0.3 is 23.9 Å². The Morgan fingerprint density at radius 3 is 1.32 bits per heavy atom. The zero-order valence-corrected chi connectivity index (χ0v) is 27.6. The van der Waals surface area contributed by atoms with Gasteiger partial charge in [-0.1, -0.05) is 72.8 Å². The van der Waals surface area contributed by atoms with Crippen LogP contribution in [0.25, 0.3) is 22.1 Å². The zero-order valence-electron chi connectivity index (χ0n) is 27.6. The van der Waals surface area contributed by atoms with E-state index in [1.165, 1.54) is 73.0 Å². The number of ether oxygens (including phenoxy) is 4. The third-order valence-corrected chi connectivity index (χ3v) is 7.93. The highest BCUT2D eigenvalue weighted by atomic mass is 16.6. The van der Waals surface area contributed by atoms with Crippen LogP contribution in [-0.4, -0.2) is 23.9 Å². The van der Waals surface area contributed by atoms with Gasteiger partial charge in [-0.15, -0.1) is 0 Å². The van der Waals surface area contributed by atoms with E-state index in [-0.39, 0.29) is 61.8 Å². The second kappa shape index (κ2) is 15.1. The van der Waals surface area contributed by atoms with Crippen molar-refractivity contribution in [2.45, 2.75) is 0 Å². The monoisotopic (exact) mass is 702 g/mol. The van der Waals surface area contributed by atoms with Crippen LogP contribution in [0.4, 0.5) is 0 Å². The number of rotatable bonds is 9. The summed E-state index contributed by atoms with van der Waals surface area (Å²) in [4.78, 5) is 66.7. The molecule has 0 aliphatic carbocycles. The van der Waals surface area contributed by atoms with Gasteiger partial charge < -0.3 is 23.4 Å². The van der Waals surface area contributed by atoms with Gasteiger partial charge in [-0.2, -0.15) is 0 Å². The average Bonchev–Trinajstić information content (AvgIpc) is 3.20. The first-order valence-electron chi connectivity index (χ1n) is 16.2. The average molecular weight is 703 g/mol. The molecule has 0 atom stereocenters. The Kier molecular flexibility index (Phi) is 9.66. The summed E-state index contributed by atoms with van der Waals surface area (Å²) in [5.41, 5.74) is 0.563. The molecule has 0 bridgehead atoms. The van der Waals surface area contributed by atoms with Gasteiger partial charge in [0, 0.05) is 6.07 Å². The van der Waals surface area contributed by atoms with Crippen LogP contribution in [0.1, 0.15) is 41.4 Å². The maximum absolute atomic E-state index is 14.0. The molecule has 6 aromatic carbocycles. The van der Waals surface area contributed by atoms with Gasteiger partial charge in [-0.25, -0.2) is 19.2 Å². The third-order valence-electron chi connectivity index (χ3n) is 7.93. The molecule has 7 rings (SSSR count). The summed E-state index contributed by atoms with van der Waals surface area (Å²) in [5.74, 6) is -3.93. The van der Waals surface area contributed by atoms with Crippen LogP contribution in [0, 0.1) is 0 Å². The predicted molar refractivity (Wildman–Crippen MR) is 194 cm³/mol. The van der Waals surface area contributed by atoms with E-state index in [1.54, 1.807) is 84.9 Å². The molecule has 0 saturated carbocycles. The predicted octanol–water partition coefficient (Wildman–Crippen LogP) is 8.34. The van der Waals surface area contributed by atoms with Crippen molar-refractivity contribution in [1.29, 1.82) is 0 Å². The molecule has 1 aromatic heterocycles. The Balaban J connectivity index is 1.33. The summed E-state index contributed by atoms with van der Waals surface area (Å²) in [5, 5.41) is 0.132. The number of fused-ring (bicyclic) bond motifs is 1. The number of esters is 4. The van der Waals surface area contributed by atoms with Gasteiger partial charge in [0.15, 0.2) is 16.9 Å². The molecule has 0 aliphatic heterocycles. The first kappa shape index (κ1) is 33.9. The van der Waals surface area contributed by atoms with Crippen LogP contribution >= 0.6 is 0 Å². The summed E-state index contributed by atoms with van der Waals surface area (Å²) in [7, 11) is 0. The highest BCUT2D eigenvalue weighted by molar-refractivity contribution is 5.96. The zero-order chi connectivity index (χ0) is 36.7. The fourth-order valence-corrected chi connectivity index (χ4v) is 5.29. The second-order valence-corrected chi connectivity index (χ2v) is 11.5. The molecule has 258 valence electrons. The minimum Gasteiger partial charge on any atom is -0.463 e. The van der Waals surface area contributed by atoms with Gasteiger partial charge in [0.2, 0.25) is 5.75 Å². The lowest BCUT2D eigenvalue weighted by molar-refractivity contribution is 0.0657. The van der Waals surface area contributed by atoms with Crippen LogP contribution in [0.3, 0.4) is 0 Å². The summed E-state index contributed by atoms with van der Waals surface area (Å²) < 4.78 is 28.7. The first-order valence-corrected chi connectivity index (χ1v) is 16.2. The van der Waals surface area contributed by atoms with Crippen molar-refractivity contribution in [3.63, 3.8) is 0 Å². The lowest BCUT2D eigenvalue weighted by atomic mass is 10.0. The molecule has 0 aliphatic rings. The maximum atomic E-state index is 14.0. The van der Waals surface area contributed by atoms with Crippen LogP contribution in [0.5, 0.6) is 23.0 Å². The molecule has 0 saturated heterocycles. The largest absolute Gasteiger partial charge is 0.463 e. The molecule has 0 radical (unpaired) electrons. The minimum atomic E-state index is -0.832. The van der Waals surface area contributed by atoms with Gasteiger partial charge in [-0.3, -0.25) is 4.79 Å². The van der Waals surface area contributed by atoms with E-state index in [0.29, 0.717) is 5.56 Å². The lowest BCUT2D eigenvalue weighted by Gasteiger charge is -2.17. The molecule has 0 N–H and O–H groups in total. The number of benzene rings is 6. The van der Waals surface area contributed by atoms with Crippen LogP contribution in [0.2, 0.25) is 0 Å². The highest BCUT2D eigenvalue weighted by Crippen LogP contribution is 2.43. The molecule has 1 heterocycles. The molecule has 7 aromatic rings. The van der Waals surface area contributed by atoms with Crippen molar-refractivity contribution in [2.75, 3.05) is 0 Å². The van der Waals surface area contributed by atoms with Gasteiger partial charge in [0.25, 0.3) is 0 Å². The number of carbonyl (C=O) groups excluding carboxylic acids is 4. The number of hydrogen-bond acceptors (Lipinski definition) is 10. The van der Waals surface area contributed by atoms with Crippen LogP contribution in [-0.2, 0) is 0 Å². The molecule has 0 spiro atoms. The van der Waals surface area contributed by atoms with Crippen molar-refractivity contribution >= 4 is 34.8 Å². The van der Waals surface area contributed by atoms with E-state index < -0.39 is 29.3 Å². The van der Waals surface area contributed by atoms with Crippen molar-refractivity contribution in [3.05, 3.63) is 190 Å². The molecule has 0 fully saturated rings. The third kappa shape index (κ3) is 7.62. The first-order chi connectivity index (χ1) is 25.8. The lowest BCUT2D eigenvalue weighted by Crippen LogP contribution is -2.16. The quantitative estimate of drug-likeness (QED) is 0.107. The minimum absolute atomic E-state index is 0.0125. The number of carbonyl (C=O) groups is 4. The number of hydrogen-bond donors (Lipinski definition) is 0. The molecule has 53 heavy (non-hydrogen) atoms. The fourth-order valence-electron chi connectivity index (χ4n) is 5.29. The molecular formula is C43H26O10. The van der Waals surface area contributed by atoms with E-state index in [4.69, 9.17) is 23.4 Å². The Labute approximate surface area is 301 Å². The van der Waals surface area contributed by atoms with E-state index in [1.807, 2.05) is 0 Å². The molecule has 0 unspecified atom stereocenters. The maximum Gasteiger partial charge on any atom is 0.343 e. The summed E-state index contributed by atoms with van der Waals surface area (Å²) >= 11 is 0. The summed E-state index contributed by atoms with van der Waals surface area (Å²) in [6.07, 6.45) is 1.17. The topological polar surface area (TPSA) is 135 Å². The van der Waals surface area contributed by atoms with Crippen LogP contribution in [0.15, 0.2) is 167 Å². The van der Waals surface area contributed by atoms with E-state index >= 15 is 0 Å². The Bertz CT molecular complexity index is 2450. The SMILES string of the molecule is O=C(Oc1ccc2c(=O)c(-c3cc(OC(=O)c4ccccc4)c(OC(=O)c4ccccc4)c(OC(=O)c4ccccc4)c3)coc2c1)c1ccccc1. The standard InChI is InChI=1S/C43H26O10/c44-38-33-22-21-32(50-40(45)27-13-5-1-6-14-27)25-35(33)49-26-34(38)31-23-36(51-41(46)28-15-7-2-8-16-28)39(53-43(48)30-19-11-4-12-20-30)37(24-31)52-42(47)29-17-9-3-10-18-29/h1-26H. The summed E-state index contributed by atoms with van der Waals surface area (Å²) in [6.45, 7) is 0. The van der Waals surface area contributed by atoms with Crippen LogP contribution < -0.4 is 24.4 Å². The highest BCUT2D eigenvalue weighted by Gasteiger charge is 2.26. The molecule has 10 heteroatoms. The van der Waals surface area contributed by atoms with Gasteiger partial charge in [0.1, 0.15) is 17.6 Å². The van der Waals surface area contributed by atoms with Gasteiger partial charge in [0.05, 0.1) is 33.2 Å². The van der Waals surface area contributed by atoms with Crippen molar-refractivity contribution in [3.8, 4) is 34.1 Å². The van der Waals surface area contributed by atoms with E-state index in [2.05, 4.69) is 0 Å². The molecule has 0 amide bonds. The Hall–Kier alpha value is -7.59.